The van der Waals surface area contributed by atoms with Crippen LogP contribution in [0.25, 0.3) is 10.9 Å². The van der Waals surface area contributed by atoms with Crippen LogP contribution in [0.1, 0.15) is 10.5 Å². The van der Waals surface area contributed by atoms with Gasteiger partial charge in [-0.15, -0.1) is 0 Å². The van der Waals surface area contributed by atoms with Crippen molar-refractivity contribution >= 4 is 16.8 Å². The van der Waals surface area contributed by atoms with Crippen LogP contribution in [0.2, 0.25) is 0 Å². The van der Waals surface area contributed by atoms with Crippen molar-refractivity contribution in [1.29, 1.82) is 0 Å². The monoisotopic (exact) mass is 173 g/mol. The molecule has 2 heterocycles. The number of nitrogens with zero attached hydrogens (tertiary/aromatic N) is 2. The lowest BCUT2D eigenvalue weighted by atomic mass is 10.2. The van der Waals surface area contributed by atoms with Crippen molar-refractivity contribution in [2.45, 2.75) is 0 Å². The van der Waals surface area contributed by atoms with Crippen LogP contribution in [0.4, 0.5) is 0 Å². The molecule has 64 valence electrons. The Morgan fingerprint density at radius 3 is 2.92 bits per heavy atom. The molecule has 0 saturated carbocycles. The molecule has 2 N–H and O–H groups in total. The molecule has 0 radical (unpaired) electrons. The minimum atomic E-state index is -0.515. The highest BCUT2D eigenvalue weighted by molar-refractivity contribution is 5.93. The minimum Gasteiger partial charge on any atom is -0.364 e. The van der Waals surface area contributed by atoms with Gasteiger partial charge in [0.15, 0.2) is 0 Å². The summed E-state index contributed by atoms with van der Waals surface area (Å²) in [4.78, 5) is 18.8. The minimum absolute atomic E-state index is 0.277. The number of aromatic nitrogens is 2. The molecular weight excluding hydrogens is 166 g/mol. The lowest BCUT2D eigenvalue weighted by Crippen LogP contribution is -2.12. The number of carbonyl (C=O) groups is 1. The average molecular weight is 173 g/mol. The maximum Gasteiger partial charge on any atom is 0.267 e. The topological polar surface area (TPSA) is 68.9 Å². The Hall–Kier alpha value is -1.97. The molecule has 0 atom stereocenters. The standard InChI is InChI=1S/C9H7N3O/c10-9(13)8-2-1-6-5-11-4-3-7(6)12-8/h1-5H,(H2,10,13). The number of amides is 1. The number of rotatable bonds is 1. The van der Waals surface area contributed by atoms with Gasteiger partial charge < -0.3 is 5.73 Å². The second-order valence-corrected chi connectivity index (χ2v) is 2.63. The molecule has 0 aliphatic rings. The molecule has 0 unspecified atom stereocenters. The van der Waals surface area contributed by atoms with Crippen LogP contribution in [-0.4, -0.2) is 15.9 Å². The van der Waals surface area contributed by atoms with Crippen molar-refractivity contribution in [1.82, 2.24) is 9.97 Å². The molecule has 0 fully saturated rings. The van der Waals surface area contributed by atoms with Gasteiger partial charge >= 0.3 is 0 Å². The van der Waals surface area contributed by atoms with Crippen molar-refractivity contribution in [3.05, 3.63) is 36.3 Å². The molecule has 2 aromatic rings. The van der Waals surface area contributed by atoms with E-state index in [1.54, 1.807) is 30.6 Å². The predicted molar refractivity (Wildman–Crippen MR) is 48.1 cm³/mol. The second-order valence-electron chi connectivity index (χ2n) is 2.63. The molecule has 0 bridgehead atoms. The summed E-state index contributed by atoms with van der Waals surface area (Å²) in [5, 5.41) is 0.896. The quantitative estimate of drug-likeness (QED) is 0.691. The number of fused-ring (bicyclic) bond motifs is 1. The zero-order valence-electron chi connectivity index (χ0n) is 6.77. The van der Waals surface area contributed by atoms with Crippen LogP contribution < -0.4 is 5.73 Å². The van der Waals surface area contributed by atoms with Gasteiger partial charge in [-0.2, -0.15) is 0 Å². The van der Waals surface area contributed by atoms with Gasteiger partial charge in [0.25, 0.3) is 5.91 Å². The van der Waals surface area contributed by atoms with E-state index in [0.29, 0.717) is 0 Å². The smallest absolute Gasteiger partial charge is 0.267 e. The predicted octanol–water partition coefficient (Wildman–Crippen LogP) is 0.729. The van der Waals surface area contributed by atoms with Gasteiger partial charge in [-0.05, 0) is 18.2 Å². The summed E-state index contributed by atoms with van der Waals surface area (Å²) >= 11 is 0. The van der Waals surface area contributed by atoms with Crippen LogP contribution in [0, 0.1) is 0 Å². The van der Waals surface area contributed by atoms with Crippen molar-refractivity contribution in [3.63, 3.8) is 0 Å². The fraction of sp³-hybridized carbons (Fsp3) is 0. The number of pyridine rings is 2. The first-order chi connectivity index (χ1) is 6.27. The van der Waals surface area contributed by atoms with Gasteiger partial charge in [0, 0.05) is 17.8 Å². The Morgan fingerprint density at radius 2 is 2.15 bits per heavy atom. The van der Waals surface area contributed by atoms with E-state index in [9.17, 15) is 4.79 Å². The Bertz CT molecular complexity index is 467. The second kappa shape index (κ2) is 2.82. The fourth-order valence-corrected chi connectivity index (χ4v) is 1.10. The summed E-state index contributed by atoms with van der Waals surface area (Å²) in [7, 11) is 0. The number of hydrogen-bond donors (Lipinski definition) is 1. The van der Waals surface area contributed by atoms with Crippen LogP contribution in [0.5, 0.6) is 0 Å². The van der Waals surface area contributed by atoms with E-state index >= 15 is 0 Å². The highest BCUT2D eigenvalue weighted by Gasteiger charge is 2.02. The molecule has 0 aliphatic heterocycles. The van der Waals surface area contributed by atoms with E-state index < -0.39 is 5.91 Å². The normalized spacial score (nSPS) is 10.2. The van der Waals surface area contributed by atoms with Gasteiger partial charge in [-0.1, -0.05) is 0 Å². The van der Waals surface area contributed by atoms with Gasteiger partial charge in [0.2, 0.25) is 0 Å². The van der Waals surface area contributed by atoms with Crippen molar-refractivity contribution in [2.75, 3.05) is 0 Å². The highest BCUT2D eigenvalue weighted by Crippen LogP contribution is 2.09. The summed E-state index contributed by atoms with van der Waals surface area (Å²) in [6.45, 7) is 0. The van der Waals surface area contributed by atoms with E-state index in [2.05, 4.69) is 9.97 Å². The molecule has 4 nitrogen and oxygen atoms in total. The highest BCUT2D eigenvalue weighted by atomic mass is 16.1. The van der Waals surface area contributed by atoms with Crippen molar-refractivity contribution in [2.24, 2.45) is 5.73 Å². The zero-order valence-corrected chi connectivity index (χ0v) is 6.77. The molecule has 2 rings (SSSR count). The summed E-state index contributed by atoms with van der Waals surface area (Å²) in [5.74, 6) is -0.515. The Morgan fingerprint density at radius 1 is 1.31 bits per heavy atom. The van der Waals surface area contributed by atoms with Crippen molar-refractivity contribution < 1.29 is 4.79 Å². The van der Waals surface area contributed by atoms with Crippen LogP contribution in [0.15, 0.2) is 30.6 Å². The molecule has 0 saturated heterocycles. The average Bonchev–Trinajstić information content (AvgIpc) is 2.17. The third-order valence-corrected chi connectivity index (χ3v) is 1.74. The molecule has 0 aliphatic carbocycles. The maximum absolute atomic E-state index is 10.8. The van der Waals surface area contributed by atoms with E-state index in [4.69, 9.17) is 5.73 Å². The van der Waals surface area contributed by atoms with E-state index in [1.807, 2.05) is 0 Å². The summed E-state index contributed by atoms with van der Waals surface area (Å²) in [5.41, 5.74) is 6.09. The molecule has 0 spiro atoms. The van der Waals surface area contributed by atoms with Crippen molar-refractivity contribution in [3.8, 4) is 0 Å². The Labute approximate surface area is 74.4 Å². The van der Waals surface area contributed by atoms with E-state index in [1.165, 1.54) is 0 Å². The largest absolute Gasteiger partial charge is 0.364 e. The first-order valence-electron chi connectivity index (χ1n) is 3.78. The van der Waals surface area contributed by atoms with Crippen LogP contribution >= 0.6 is 0 Å². The van der Waals surface area contributed by atoms with Gasteiger partial charge in [-0.25, -0.2) is 4.98 Å². The first-order valence-corrected chi connectivity index (χ1v) is 3.78. The third-order valence-electron chi connectivity index (χ3n) is 1.74. The molecule has 4 heteroatoms. The Kier molecular flexibility index (Phi) is 1.66. The molecule has 0 aromatic carbocycles. The first kappa shape index (κ1) is 7.67. The van der Waals surface area contributed by atoms with Gasteiger partial charge in [0.05, 0.1) is 5.52 Å². The van der Waals surface area contributed by atoms with E-state index in [-0.39, 0.29) is 5.69 Å². The summed E-state index contributed by atoms with van der Waals surface area (Å²) in [6.07, 6.45) is 3.31. The van der Waals surface area contributed by atoms with Crippen LogP contribution in [-0.2, 0) is 0 Å². The molecule has 2 aromatic heterocycles. The number of hydrogen-bond acceptors (Lipinski definition) is 3. The van der Waals surface area contributed by atoms with E-state index in [0.717, 1.165) is 10.9 Å². The summed E-state index contributed by atoms with van der Waals surface area (Å²) in [6, 6.07) is 5.10. The number of carbonyl (C=O) groups excluding carboxylic acids is 1. The van der Waals surface area contributed by atoms with Crippen LogP contribution in [0.3, 0.4) is 0 Å². The summed E-state index contributed by atoms with van der Waals surface area (Å²) < 4.78 is 0. The fourth-order valence-electron chi connectivity index (χ4n) is 1.10. The Balaban J connectivity index is 2.69. The molecule has 1 amide bonds. The number of primary amides is 1. The zero-order chi connectivity index (χ0) is 9.26. The van der Waals surface area contributed by atoms with Gasteiger partial charge in [-0.3, -0.25) is 9.78 Å². The molecule has 13 heavy (non-hydrogen) atoms. The maximum atomic E-state index is 10.8. The SMILES string of the molecule is NC(=O)c1ccc2cnccc2n1. The lowest BCUT2D eigenvalue weighted by Gasteiger charge is -1.97. The molecular formula is C9H7N3O. The van der Waals surface area contributed by atoms with Gasteiger partial charge in [0.1, 0.15) is 5.69 Å². The lowest BCUT2D eigenvalue weighted by molar-refractivity contribution is 0.0996. The number of nitrogens with two attached hydrogens (primary N) is 1. The third kappa shape index (κ3) is 1.33.